The van der Waals surface area contributed by atoms with E-state index >= 15 is 0 Å². The highest BCUT2D eigenvalue weighted by Gasteiger charge is 2.18. The zero-order valence-electron chi connectivity index (χ0n) is 15.7. The molecule has 2 aromatic carbocycles. The molecule has 0 radical (unpaired) electrons. The van der Waals surface area contributed by atoms with Crippen LogP contribution in [-0.4, -0.2) is 22.6 Å². The number of rotatable bonds is 7. The van der Waals surface area contributed by atoms with E-state index in [-0.39, 0.29) is 0 Å². The molecule has 138 valence electrons. The van der Waals surface area contributed by atoms with Crippen LogP contribution in [0.3, 0.4) is 0 Å². The minimum Gasteiger partial charge on any atom is -0.478 e. The van der Waals surface area contributed by atoms with Crippen LogP contribution < -0.4 is 4.90 Å². The SMILES string of the molecule is Cc1cccc(N(CCCc2ccncc2)c2ccccc2C(=O)O)c1C. The average Bonchev–Trinajstić information content (AvgIpc) is 2.69. The molecule has 1 heterocycles. The quantitative estimate of drug-likeness (QED) is 0.632. The van der Waals surface area contributed by atoms with Gasteiger partial charge >= 0.3 is 5.97 Å². The van der Waals surface area contributed by atoms with Crippen molar-refractivity contribution >= 4 is 17.3 Å². The van der Waals surface area contributed by atoms with E-state index in [9.17, 15) is 9.90 Å². The van der Waals surface area contributed by atoms with Crippen LogP contribution in [0.25, 0.3) is 0 Å². The molecule has 0 aliphatic heterocycles. The maximum Gasteiger partial charge on any atom is 0.337 e. The number of aryl methyl sites for hydroxylation is 2. The van der Waals surface area contributed by atoms with Crippen molar-refractivity contribution in [3.05, 3.63) is 89.2 Å². The summed E-state index contributed by atoms with van der Waals surface area (Å²) in [4.78, 5) is 18.0. The number of hydrogen-bond acceptors (Lipinski definition) is 3. The molecular weight excluding hydrogens is 336 g/mol. The Hall–Kier alpha value is -3.14. The number of carboxylic acids is 1. The Bertz CT molecular complexity index is 923. The predicted octanol–water partition coefficient (Wildman–Crippen LogP) is 5.17. The molecule has 0 amide bonds. The fourth-order valence-electron chi connectivity index (χ4n) is 3.28. The van der Waals surface area contributed by atoms with E-state index in [1.165, 1.54) is 16.7 Å². The minimum atomic E-state index is -0.907. The van der Waals surface area contributed by atoms with Crippen molar-refractivity contribution < 1.29 is 9.90 Å². The molecule has 0 unspecified atom stereocenters. The van der Waals surface area contributed by atoms with E-state index in [2.05, 4.69) is 35.9 Å². The predicted molar refractivity (Wildman–Crippen MR) is 109 cm³/mol. The highest BCUT2D eigenvalue weighted by Crippen LogP contribution is 2.32. The van der Waals surface area contributed by atoms with Gasteiger partial charge in [0.25, 0.3) is 0 Å². The third kappa shape index (κ3) is 4.34. The van der Waals surface area contributed by atoms with Crippen LogP contribution in [0.2, 0.25) is 0 Å². The number of carbonyl (C=O) groups is 1. The lowest BCUT2D eigenvalue weighted by Crippen LogP contribution is -2.22. The van der Waals surface area contributed by atoms with Gasteiger partial charge in [0.1, 0.15) is 0 Å². The summed E-state index contributed by atoms with van der Waals surface area (Å²) in [7, 11) is 0. The van der Waals surface area contributed by atoms with Gasteiger partial charge in [0, 0.05) is 24.6 Å². The molecule has 0 saturated heterocycles. The van der Waals surface area contributed by atoms with E-state index in [0.29, 0.717) is 5.56 Å². The Morgan fingerprint density at radius 3 is 2.41 bits per heavy atom. The lowest BCUT2D eigenvalue weighted by Gasteiger charge is -2.28. The topological polar surface area (TPSA) is 53.4 Å². The molecule has 3 rings (SSSR count). The Balaban J connectivity index is 1.94. The number of aromatic nitrogens is 1. The van der Waals surface area contributed by atoms with E-state index in [1.54, 1.807) is 24.5 Å². The lowest BCUT2D eigenvalue weighted by atomic mass is 10.0. The fraction of sp³-hybridized carbons (Fsp3) is 0.217. The van der Waals surface area contributed by atoms with E-state index in [1.807, 2.05) is 30.3 Å². The highest BCUT2D eigenvalue weighted by atomic mass is 16.4. The number of benzene rings is 2. The summed E-state index contributed by atoms with van der Waals surface area (Å²) in [5, 5.41) is 9.66. The molecular formula is C23H24N2O2. The summed E-state index contributed by atoms with van der Waals surface area (Å²) in [5.74, 6) is -0.907. The maximum atomic E-state index is 11.8. The standard InChI is InChI=1S/C23H24N2O2/c1-17-7-5-11-21(18(17)2)25(16-6-8-19-12-14-24-15-13-19)22-10-4-3-9-20(22)23(26)27/h3-5,7,9-15H,6,8,16H2,1-2H3,(H,26,27). The summed E-state index contributed by atoms with van der Waals surface area (Å²) >= 11 is 0. The van der Waals surface area contributed by atoms with Gasteiger partial charge in [0.15, 0.2) is 0 Å². The highest BCUT2D eigenvalue weighted by molar-refractivity contribution is 5.95. The number of nitrogens with zero attached hydrogens (tertiary/aromatic N) is 2. The third-order valence-corrected chi connectivity index (χ3v) is 4.89. The first-order valence-corrected chi connectivity index (χ1v) is 9.13. The van der Waals surface area contributed by atoms with Crippen molar-refractivity contribution in [3.63, 3.8) is 0 Å². The summed E-state index contributed by atoms with van der Waals surface area (Å²) in [6.45, 7) is 4.90. The number of para-hydroxylation sites is 1. The van der Waals surface area contributed by atoms with Crippen molar-refractivity contribution in [1.29, 1.82) is 0 Å². The van der Waals surface area contributed by atoms with Crippen LogP contribution in [0, 0.1) is 13.8 Å². The van der Waals surface area contributed by atoms with Gasteiger partial charge in [-0.3, -0.25) is 4.98 Å². The minimum absolute atomic E-state index is 0.322. The van der Waals surface area contributed by atoms with Crippen LogP contribution in [0.1, 0.15) is 33.5 Å². The first-order chi connectivity index (χ1) is 13.1. The Morgan fingerprint density at radius 2 is 1.67 bits per heavy atom. The Morgan fingerprint density at radius 1 is 0.963 bits per heavy atom. The normalized spacial score (nSPS) is 10.6. The summed E-state index contributed by atoms with van der Waals surface area (Å²) in [6, 6.07) is 17.4. The molecule has 4 heteroatoms. The second-order valence-electron chi connectivity index (χ2n) is 6.65. The number of hydrogen-bond donors (Lipinski definition) is 1. The third-order valence-electron chi connectivity index (χ3n) is 4.89. The number of pyridine rings is 1. The van der Waals surface area contributed by atoms with Gasteiger partial charge in [0.05, 0.1) is 11.3 Å². The monoisotopic (exact) mass is 360 g/mol. The van der Waals surface area contributed by atoms with Crippen molar-refractivity contribution in [1.82, 2.24) is 4.98 Å². The van der Waals surface area contributed by atoms with Gasteiger partial charge in [-0.2, -0.15) is 0 Å². The van der Waals surface area contributed by atoms with Crippen LogP contribution in [0.4, 0.5) is 11.4 Å². The van der Waals surface area contributed by atoms with E-state index < -0.39 is 5.97 Å². The molecule has 27 heavy (non-hydrogen) atoms. The largest absolute Gasteiger partial charge is 0.478 e. The van der Waals surface area contributed by atoms with Crippen LogP contribution in [0.15, 0.2) is 67.0 Å². The summed E-state index contributed by atoms with van der Waals surface area (Å²) in [5.41, 5.74) is 5.70. The van der Waals surface area contributed by atoms with Gasteiger partial charge in [-0.25, -0.2) is 4.79 Å². The Kier molecular flexibility index (Phi) is 5.87. The van der Waals surface area contributed by atoms with E-state index in [4.69, 9.17) is 0 Å². The molecule has 4 nitrogen and oxygen atoms in total. The second kappa shape index (κ2) is 8.49. The first kappa shape index (κ1) is 18.6. The van der Waals surface area contributed by atoms with Gasteiger partial charge in [-0.15, -0.1) is 0 Å². The lowest BCUT2D eigenvalue weighted by molar-refractivity contribution is 0.0697. The van der Waals surface area contributed by atoms with Crippen molar-refractivity contribution in [3.8, 4) is 0 Å². The smallest absolute Gasteiger partial charge is 0.337 e. The summed E-state index contributed by atoms with van der Waals surface area (Å²) < 4.78 is 0. The Labute approximate surface area is 160 Å². The van der Waals surface area contributed by atoms with Gasteiger partial charge in [-0.05, 0) is 73.7 Å². The zero-order valence-corrected chi connectivity index (χ0v) is 15.7. The first-order valence-electron chi connectivity index (χ1n) is 9.13. The molecule has 0 aliphatic carbocycles. The molecule has 1 N–H and O–H groups in total. The van der Waals surface area contributed by atoms with Gasteiger partial charge < -0.3 is 10.0 Å². The molecule has 3 aromatic rings. The van der Waals surface area contributed by atoms with Crippen molar-refractivity contribution in [2.45, 2.75) is 26.7 Å². The number of aromatic carboxylic acids is 1. The number of carboxylic acid groups (broad SMARTS) is 1. The number of anilines is 2. The van der Waals surface area contributed by atoms with Crippen LogP contribution >= 0.6 is 0 Å². The van der Waals surface area contributed by atoms with Gasteiger partial charge in [-0.1, -0.05) is 24.3 Å². The van der Waals surface area contributed by atoms with Crippen LogP contribution in [0.5, 0.6) is 0 Å². The molecule has 0 aliphatic rings. The summed E-state index contributed by atoms with van der Waals surface area (Å²) in [6.07, 6.45) is 5.43. The van der Waals surface area contributed by atoms with E-state index in [0.717, 1.165) is 30.8 Å². The zero-order chi connectivity index (χ0) is 19.2. The van der Waals surface area contributed by atoms with Crippen molar-refractivity contribution in [2.75, 3.05) is 11.4 Å². The van der Waals surface area contributed by atoms with Crippen LogP contribution in [-0.2, 0) is 6.42 Å². The molecule has 0 atom stereocenters. The van der Waals surface area contributed by atoms with Gasteiger partial charge in [0.2, 0.25) is 0 Å². The van der Waals surface area contributed by atoms with Crippen molar-refractivity contribution in [2.24, 2.45) is 0 Å². The second-order valence-corrected chi connectivity index (χ2v) is 6.65. The average molecular weight is 360 g/mol. The molecule has 1 aromatic heterocycles. The molecule has 0 spiro atoms. The molecule has 0 fully saturated rings. The fourth-order valence-corrected chi connectivity index (χ4v) is 3.28. The maximum absolute atomic E-state index is 11.8. The molecule has 0 saturated carbocycles. The molecule has 0 bridgehead atoms.